The number of carbonyl (C=O) groups is 3. The molecule has 0 saturated heterocycles. The third-order valence-electron chi connectivity index (χ3n) is 5.59. The van der Waals surface area contributed by atoms with Gasteiger partial charge in [-0.2, -0.15) is 0 Å². The number of amides is 2. The second-order valence-electron chi connectivity index (χ2n) is 8.22. The number of nitrogens with one attached hydrogen (secondary N) is 2. The maximum absolute atomic E-state index is 12.9. The molecule has 0 aromatic heterocycles. The van der Waals surface area contributed by atoms with Crippen molar-refractivity contribution >= 4 is 28.6 Å². The Kier molecular flexibility index (Phi) is 8.73. The summed E-state index contributed by atoms with van der Waals surface area (Å²) >= 11 is 0. The molecule has 2 amide bonds. The largest absolute Gasteiger partial charge is 0.480 e. The molecule has 0 spiro atoms. The van der Waals surface area contributed by atoms with Crippen LogP contribution in [0.25, 0.3) is 10.8 Å². The zero-order valence-corrected chi connectivity index (χ0v) is 18.8. The predicted octanol–water partition coefficient (Wildman–Crippen LogP) is 1.36. The smallest absolute Gasteiger partial charge is 0.326 e. The van der Waals surface area contributed by atoms with Gasteiger partial charge in [-0.1, -0.05) is 72.8 Å². The summed E-state index contributed by atoms with van der Waals surface area (Å²) in [5.41, 5.74) is 13.4. The van der Waals surface area contributed by atoms with Crippen molar-refractivity contribution in [2.24, 2.45) is 11.5 Å². The van der Waals surface area contributed by atoms with E-state index in [9.17, 15) is 19.5 Å². The summed E-state index contributed by atoms with van der Waals surface area (Å²) in [6, 6.07) is 19.9. The summed E-state index contributed by atoms with van der Waals surface area (Å²) in [5, 5.41) is 16.7. The molecule has 3 atom stereocenters. The third-order valence-corrected chi connectivity index (χ3v) is 5.59. The first-order valence-corrected chi connectivity index (χ1v) is 11.2. The van der Waals surface area contributed by atoms with Crippen molar-refractivity contribution in [2.45, 2.75) is 37.4 Å². The average Bonchev–Trinajstić information content (AvgIpc) is 2.83. The molecule has 3 aromatic rings. The van der Waals surface area contributed by atoms with E-state index in [4.69, 9.17) is 11.5 Å². The van der Waals surface area contributed by atoms with Crippen LogP contribution in [0.15, 0.2) is 72.8 Å². The molecular weight excluding hydrogens is 432 g/mol. The summed E-state index contributed by atoms with van der Waals surface area (Å²) in [6.45, 7) is 0.101. The Labute approximate surface area is 198 Å². The molecule has 34 heavy (non-hydrogen) atoms. The van der Waals surface area contributed by atoms with Gasteiger partial charge in [0.05, 0.1) is 6.04 Å². The van der Waals surface area contributed by atoms with Gasteiger partial charge in [0.2, 0.25) is 11.8 Å². The van der Waals surface area contributed by atoms with Crippen LogP contribution in [0.5, 0.6) is 0 Å². The fraction of sp³-hybridized carbons (Fsp3) is 0.269. The molecule has 0 aliphatic heterocycles. The highest BCUT2D eigenvalue weighted by Gasteiger charge is 2.28. The number of carbonyl (C=O) groups excluding carboxylic acids is 2. The number of hydrogen-bond donors (Lipinski definition) is 5. The van der Waals surface area contributed by atoms with Gasteiger partial charge in [0.1, 0.15) is 12.1 Å². The number of rotatable bonds is 11. The van der Waals surface area contributed by atoms with Crippen LogP contribution in [0.2, 0.25) is 0 Å². The highest BCUT2D eigenvalue weighted by atomic mass is 16.4. The van der Waals surface area contributed by atoms with Gasteiger partial charge in [0, 0.05) is 6.42 Å². The van der Waals surface area contributed by atoms with Crippen molar-refractivity contribution in [3.8, 4) is 0 Å². The van der Waals surface area contributed by atoms with Crippen LogP contribution in [0.4, 0.5) is 0 Å². The van der Waals surface area contributed by atoms with Gasteiger partial charge >= 0.3 is 5.97 Å². The molecule has 0 aliphatic rings. The van der Waals surface area contributed by atoms with E-state index in [-0.39, 0.29) is 19.4 Å². The Morgan fingerprint density at radius 3 is 2.09 bits per heavy atom. The minimum atomic E-state index is -1.18. The lowest BCUT2D eigenvalue weighted by molar-refractivity contribution is -0.142. The number of carboxylic acid groups (broad SMARTS) is 1. The molecule has 3 aromatic carbocycles. The Morgan fingerprint density at radius 1 is 0.765 bits per heavy atom. The molecular formula is C26H30N4O4. The van der Waals surface area contributed by atoms with E-state index in [0.717, 1.165) is 21.9 Å². The highest BCUT2D eigenvalue weighted by molar-refractivity contribution is 5.92. The molecule has 0 saturated carbocycles. The van der Waals surface area contributed by atoms with Gasteiger partial charge in [-0.25, -0.2) is 4.79 Å². The standard InChI is InChI=1S/C26H30N4O4/c27-13-12-22(26(33)34)29-25(32)23(16-17-6-2-1-3-7-17)30-24(31)21(28)15-18-10-11-19-8-4-5-9-20(19)14-18/h1-11,14,21-23H,12-13,15-16,27-28H2,(H,29,32)(H,30,31)(H,33,34)/t21-,22-,23-/m0/s1. The second-order valence-corrected chi connectivity index (χ2v) is 8.22. The minimum Gasteiger partial charge on any atom is -0.480 e. The normalized spacial score (nSPS) is 13.6. The number of benzene rings is 3. The Hall–Kier alpha value is -3.75. The van der Waals surface area contributed by atoms with E-state index in [1.807, 2.05) is 72.8 Å². The number of nitrogens with two attached hydrogens (primary N) is 2. The van der Waals surface area contributed by atoms with Crippen LogP contribution in [0.3, 0.4) is 0 Å². The minimum absolute atomic E-state index is 0.0779. The van der Waals surface area contributed by atoms with Gasteiger partial charge < -0.3 is 27.2 Å². The molecule has 8 nitrogen and oxygen atoms in total. The molecule has 0 heterocycles. The fourth-order valence-electron chi connectivity index (χ4n) is 3.75. The molecule has 0 bridgehead atoms. The second kappa shape index (κ2) is 11.9. The van der Waals surface area contributed by atoms with Crippen molar-refractivity contribution in [3.63, 3.8) is 0 Å². The highest BCUT2D eigenvalue weighted by Crippen LogP contribution is 2.16. The molecule has 3 rings (SSSR count). The summed E-state index contributed by atoms with van der Waals surface area (Å²) in [5.74, 6) is -2.28. The van der Waals surface area contributed by atoms with E-state index in [2.05, 4.69) is 10.6 Å². The molecule has 0 fully saturated rings. The summed E-state index contributed by atoms with van der Waals surface area (Å²) in [4.78, 5) is 37.3. The van der Waals surface area contributed by atoms with Crippen LogP contribution < -0.4 is 22.1 Å². The summed E-state index contributed by atoms with van der Waals surface area (Å²) in [6.07, 6.45) is 0.561. The average molecular weight is 463 g/mol. The van der Waals surface area contributed by atoms with Crippen molar-refractivity contribution < 1.29 is 19.5 Å². The van der Waals surface area contributed by atoms with Crippen LogP contribution in [-0.2, 0) is 27.2 Å². The zero-order valence-electron chi connectivity index (χ0n) is 18.8. The van der Waals surface area contributed by atoms with Gasteiger partial charge in [0.25, 0.3) is 0 Å². The number of hydrogen-bond acceptors (Lipinski definition) is 5. The number of carboxylic acids is 1. The number of fused-ring (bicyclic) bond motifs is 1. The van der Waals surface area contributed by atoms with Crippen molar-refractivity contribution in [2.75, 3.05) is 6.54 Å². The maximum atomic E-state index is 12.9. The van der Waals surface area contributed by atoms with Gasteiger partial charge in [0.15, 0.2) is 0 Å². The fourth-order valence-corrected chi connectivity index (χ4v) is 3.75. The predicted molar refractivity (Wildman–Crippen MR) is 131 cm³/mol. The van der Waals surface area contributed by atoms with Gasteiger partial charge in [-0.15, -0.1) is 0 Å². The monoisotopic (exact) mass is 462 g/mol. The Balaban J connectivity index is 1.71. The van der Waals surface area contributed by atoms with Crippen LogP contribution in [0, 0.1) is 0 Å². The lowest BCUT2D eigenvalue weighted by Gasteiger charge is -2.23. The lowest BCUT2D eigenvalue weighted by atomic mass is 10.0. The number of aliphatic carboxylic acids is 1. The van der Waals surface area contributed by atoms with Crippen molar-refractivity contribution in [3.05, 3.63) is 83.9 Å². The topological polar surface area (TPSA) is 148 Å². The lowest BCUT2D eigenvalue weighted by Crippen LogP contribution is -2.55. The SMILES string of the molecule is NCC[C@H](NC(=O)[C@H](Cc1ccccc1)NC(=O)[C@@H](N)Cc1ccc2ccccc2c1)C(=O)O. The van der Waals surface area contributed by atoms with E-state index >= 15 is 0 Å². The van der Waals surface area contributed by atoms with Gasteiger partial charge in [-0.3, -0.25) is 9.59 Å². The first-order valence-electron chi connectivity index (χ1n) is 11.2. The molecule has 178 valence electrons. The first kappa shape index (κ1) is 24.9. The van der Waals surface area contributed by atoms with E-state index < -0.39 is 35.9 Å². The molecule has 0 aliphatic carbocycles. The quantitative estimate of drug-likeness (QED) is 0.291. The maximum Gasteiger partial charge on any atom is 0.326 e. The first-order chi connectivity index (χ1) is 16.4. The summed E-state index contributed by atoms with van der Waals surface area (Å²) in [7, 11) is 0. The van der Waals surface area contributed by atoms with Crippen LogP contribution >= 0.6 is 0 Å². The summed E-state index contributed by atoms with van der Waals surface area (Å²) < 4.78 is 0. The molecule has 0 radical (unpaired) electrons. The zero-order chi connectivity index (χ0) is 24.5. The van der Waals surface area contributed by atoms with Crippen LogP contribution in [0.1, 0.15) is 17.5 Å². The van der Waals surface area contributed by atoms with Crippen molar-refractivity contribution in [1.82, 2.24) is 10.6 Å². The van der Waals surface area contributed by atoms with E-state index in [1.54, 1.807) is 0 Å². The van der Waals surface area contributed by atoms with Crippen molar-refractivity contribution in [1.29, 1.82) is 0 Å². The molecule has 0 unspecified atom stereocenters. The Bertz CT molecular complexity index is 1140. The van der Waals surface area contributed by atoms with Gasteiger partial charge in [-0.05, 0) is 41.3 Å². The molecule has 8 heteroatoms. The Morgan fingerprint density at radius 2 is 1.41 bits per heavy atom. The van der Waals surface area contributed by atoms with E-state index in [1.165, 1.54) is 0 Å². The van der Waals surface area contributed by atoms with Crippen LogP contribution in [-0.4, -0.2) is 47.6 Å². The van der Waals surface area contributed by atoms with E-state index in [0.29, 0.717) is 6.42 Å². The molecule has 7 N–H and O–H groups in total. The third kappa shape index (κ3) is 6.87.